The van der Waals surface area contributed by atoms with Gasteiger partial charge in [0.15, 0.2) is 0 Å². The lowest BCUT2D eigenvalue weighted by atomic mass is 9.90. The monoisotopic (exact) mass is 333 g/mol. The molecule has 4 heteroatoms. The van der Waals surface area contributed by atoms with E-state index >= 15 is 0 Å². The first-order chi connectivity index (χ1) is 12.2. The van der Waals surface area contributed by atoms with Gasteiger partial charge < -0.3 is 9.88 Å². The number of nitrogens with zero attached hydrogens (tertiary/aromatic N) is 2. The molecule has 1 amide bonds. The van der Waals surface area contributed by atoms with Crippen molar-refractivity contribution in [2.75, 3.05) is 13.1 Å². The van der Waals surface area contributed by atoms with Gasteiger partial charge in [-0.1, -0.05) is 29.8 Å². The standard InChI is InChI=1S/C21H23N3O/c1-15-4-6-16(7-5-15)13-20(25)24-11-8-17(9-12-24)18-14-23-19-3-2-10-22-21(18)19/h2-7,10,14,17,23H,8-9,11-13H2,1H3. The van der Waals surface area contributed by atoms with Crippen molar-refractivity contribution in [3.63, 3.8) is 0 Å². The number of H-pyrrole nitrogens is 1. The Bertz CT molecular complexity index is 874. The number of carbonyl (C=O) groups excluding carboxylic acids is 1. The van der Waals surface area contributed by atoms with Crippen LogP contribution in [0.2, 0.25) is 0 Å². The number of aromatic amines is 1. The molecule has 1 aliphatic heterocycles. The number of piperidine rings is 1. The predicted octanol–water partition coefficient (Wildman–Crippen LogP) is 3.82. The second-order valence-corrected chi connectivity index (χ2v) is 6.96. The van der Waals surface area contributed by atoms with Crippen molar-refractivity contribution in [1.29, 1.82) is 0 Å². The maximum atomic E-state index is 12.6. The molecule has 0 saturated carbocycles. The molecule has 3 heterocycles. The minimum Gasteiger partial charge on any atom is -0.360 e. The van der Waals surface area contributed by atoms with Gasteiger partial charge in [-0.2, -0.15) is 0 Å². The highest BCUT2D eigenvalue weighted by Crippen LogP contribution is 2.32. The Kier molecular flexibility index (Phi) is 4.26. The molecule has 4 nitrogen and oxygen atoms in total. The molecule has 0 atom stereocenters. The molecule has 0 radical (unpaired) electrons. The fraction of sp³-hybridized carbons (Fsp3) is 0.333. The summed E-state index contributed by atoms with van der Waals surface area (Å²) in [5.41, 5.74) is 5.78. The molecule has 1 saturated heterocycles. The molecule has 1 fully saturated rings. The van der Waals surface area contributed by atoms with Crippen LogP contribution >= 0.6 is 0 Å². The molecule has 3 aromatic rings. The molecule has 128 valence electrons. The third kappa shape index (κ3) is 3.29. The van der Waals surface area contributed by atoms with Gasteiger partial charge in [0.2, 0.25) is 5.91 Å². The van der Waals surface area contributed by atoms with Crippen molar-refractivity contribution in [3.05, 3.63) is 65.5 Å². The number of carbonyl (C=O) groups is 1. The van der Waals surface area contributed by atoms with Crippen LogP contribution in [0.25, 0.3) is 11.0 Å². The lowest BCUT2D eigenvalue weighted by Crippen LogP contribution is -2.38. The number of aromatic nitrogens is 2. The third-order valence-corrected chi connectivity index (χ3v) is 5.23. The fourth-order valence-electron chi connectivity index (χ4n) is 3.72. The molecule has 4 rings (SSSR count). The predicted molar refractivity (Wildman–Crippen MR) is 99.5 cm³/mol. The van der Waals surface area contributed by atoms with E-state index < -0.39 is 0 Å². The fourth-order valence-corrected chi connectivity index (χ4v) is 3.72. The summed E-state index contributed by atoms with van der Waals surface area (Å²) in [7, 11) is 0. The van der Waals surface area contributed by atoms with Crippen molar-refractivity contribution < 1.29 is 4.79 Å². The van der Waals surface area contributed by atoms with Gasteiger partial charge in [0.25, 0.3) is 0 Å². The molecule has 25 heavy (non-hydrogen) atoms. The van der Waals surface area contributed by atoms with Gasteiger partial charge in [0.05, 0.1) is 17.5 Å². The second-order valence-electron chi connectivity index (χ2n) is 6.96. The SMILES string of the molecule is Cc1ccc(CC(=O)N2CCC(c3c[nH]c4cccnc34)CC2)cc1. The van der Waals surface area contributed by atoms with E-state index in [1.165, 1.54) is 11.1 Å². The zero-order valence-electron chi connectivity index (χ0n) is 14.5. The number of pyridine rings is 1. The molecular weight excluding hydrogens is 310 g/mol. The summed E-state index contributed by atoms with van der Waals surface area (Å²) in [6.45, 7) is 3.72. The minimum absolute atomic E-state index is 0.236. The van der Waals surface area contributed by atoms with Crippen molar-refractivity contribution in [1.82, 2.24) is 14.9 Å². The summed E-state index contributed by atoms with van der Waals surface area (Å²) >= 11 is 0. The molecule has 1 aliphatic rings. The molecule has 1 aromatic carbocycles. The first-order valence-corrected chi connectivity index (χ1v) is 8.96. The van der Waals surface area contributed by atoms with Gasteiger partial charge in [0, 0.05) is 25.5 Å². The number of rotatable bonds is 3. The largest absolute Gasteiger partial charge is 0.360 e. The van der Waals surface area contributed by atoms with E-state index in [-0.39, 0.29) is 5.91 Å². The second kappa shape index (κ2) is 6.71. The van der Waals surface area contributed by atoms with Gasteiger partial charge >= 0.3 is 0 Å². The van der Waals surface area contributed by atoms with Gasteiger partial charge in [-0.15, -0.1) is 0 Å². The maximum Gasteiger partial charge on any atom is 0.226 e. The van der Waals surface area contributed by atoms with Crippen LogP contribution in [0.3, 0.4) is 0 Å². The van der Waals surface area contributed by atoms with Crippen molar-refractivity contribution in [2.24, 2.45) is 0 Å². The Balaban J connectivity index is 1.39. The quantitative estimate of drug-likeness (QED) is 0.792. The summed E-state index contributed by atoms with van der Waals surface area (Å²) < 4.78 is 0. The summed E-state index contributed by atoms with van der Waals surface area (Å²) in [5, 5.41) is 0. The number of fused-ring (bicyclic) bond motifs is 1. The van der Waals surface area contributed by atoms with Crippen LogP contribution in [0.1, 0.15) is 35.4 Å². The van der Waals surface area contributed by atoms with E-state index in [1.807, 2.05) is 17.2 Å². The molecule has 0 unspecified atom stereocenters. The van der Waals surface area contributed by atoms with Gasteiger partial charge in [-0.25, -0.2) is 0 Å². The number of nitrogens with one attached hydrogen (secondary N) is 1. The Morgan fingerprint density at radius 3 is 2.72 bits per heavy atom. The Labute approximate surface area is 147 Å². The smallest absolute Gasteiger partial charge is 0.226 e. The van der Waals surface area contributed by atoms with Gasteiger partial charge in [-0.05, 0) is 48.9 Å². The number of aryl methyl sites for hydroxylation is 1. The number of hydrogen-bond donors (Lipinski definition) is 1. The van der Waals surface area contributed by atoms with E-state index in [2.05, 4.69) is 53.4 Å². The molecule has 0 bridgehead atoms. The summed E-state index contributed by atoms with van der Waals surface area (Å²) in [6, 6.07) is 12.3. The molecule has 0 aliphatic carbocycles. The van der Waals surface area contributed by atoms with Gasteiger partial charge in [0.1, 0.15) is 0 Å². The topological polar surface area (TPSA) is 49.0 Å². The van der Waals surface area contributed by atoms with E-state index in [4.69, 9.17) is 0 Å². The molecule has 1 N–H and O–H groups in total. The van der Waals surface area contributed by atoms with E-state index in [0.29, 0.717) is 12.3 Å². The molecule has 2 aromatic heterocycles. The van der Waals surface area contributed by atoms with Crippen LogP contribution in [0.4, 0.5) is 0 Å². The summed E-state index contributed by atoms with van der Waals surface area (Å²) in [4.78, 5) is 22.4. The van der Waals surface area contributed by atoms with Gasteiger partial charge in [-0.3, -0.25) is 9.78 Å². The number of likely N-dealkylation sites (tertiary alicyclic amines) is 1. The summed E-state index contributed by atoms with van der Waals surface area (Å²) in [5.74, 6) is 0.714. The zero-order valence-corrected chi connectivity index (χ0v) is 14.5. The van der Waals surface area contributed by atoms with Crippen LogP contribution in [-0.2, 0) is 11.2 Å². The van der Waals surface area contributed by atoms with Crippen molar-refractivity contribution in [3.8, 4) is 0 Å². The number of benzene rings is 1. The lowest BCUT2D eigenvalue weighted by molar-refractivity contribution is -0.131. The van der Waals surface area contributed by atoms with Crippen molar-refractivity contribution in [2.45, 2.75) is 32.1 Å². The van der Waals surface area contributed by atoms with Crippen LogP contribution < -0.4 is 0 Å². The Hall–Kier alpha value is -2.62. The molecular formula is C21H23N3O. The highest BCUT2D eigenvalue weighted by molar-refractivity contribution is 5.80. The highest BCUT2D eigenvalue weighted by atomic mass is 16.2. The van der Waals surface area contributed by atoms with E-state index in [0.717, 1.165) is 42.5 Å². The maximum absolute atomic E-state index is 12.6. The van der Waals surface area contributed by atoms with Crippen molar-refractivity contribution >= 4 is 16.9 Å². The first-order valence-electron chi connectivity index (χ1n) is 8.96. The van der Waals surface area contributed by atoms with Crippen LogP contribution in [0.5, 0.6) is 0 Å². The average molecular weight is 333 g/mol. The van der Waals surface area contributed by atoms with E-state index in [9.17, 15) is 4.79 Å². The number of hydrogen-bond acceptors (Lipinski definition) is 2. The third-order valence-electron chi connectivity index (χ3n) is 5.23. The first kappa shape index (κ1) is 15.9. The molecule has 0 spiro atoms. The van der Waals surface area contributed by atoms with Crippen LogP contribution in [0, 0.1) is 6.92 Å². The summed E-state index contributed by atoms with van der Waals surface area (Å²) in [6.07, 6.45) is 6.44. The van der Waals surface area contributed by atoms with Crippen LogP contribution in [0.15, 0.2) is 48.8 Å². The lowest BCUT2D eigenvalue weighted by Gasteiger charge is -2.32. The number of amides is 1. The van der Waals surface area contributed by atoms with Crippen LogP contribution in [-0.4, -0.2) is 33.9 Å². The highest BCUT2D eigenvalue weighted by Gasteiger charge is 2.25. The normalized spacial score (nSPS) is 15.6. The Morgan fingerprint density at radius 1 is 1.20 bits per heavy atom. The average Bonchev–Trinajstić information content (AvgIpc) is 3.08. The Morgan fingerprint density at radius 2 is 1.96 bits per heavy atom. The van der Waals surface area contributed by atoms with E-state index in [1.54, 1.807) is 0 Å². The zero-order chi connectivity index (χ0) is 17.2. The minimum atomic E-state index is 0.236.